The molecule has 2 rings (SSSR count). The minimum absolute atomic E-state index is 0.0948. The van der Waals surface area contributed by atoms with Crippen molar-refractivity contribution >= 4 is 11.9 Å². The Balaban J connectivity index is 1.77. The van der Waals surface area contributed by atoms with Crippen LogP contribution in [0.2, 0.25) is 0 Å². The topological polar surface area (TPSA) is 77.8 Å². The first-order chi connectivity index (χ1) is 10.0. The molecule has 0 radical (unpaired) electrons. The van der Waals surface area contributed by atoms with Crippen LogP contribution in [-0.2, 0) is 16.0 Å². The zero-order valence-electron chi connectivity index (χ0n) is 12.0. The number of hydrogen-bond acceptors (Lipinski definition) is 3. The number of carboxylic acids is 1. The van der Waals surface area contributed by atoms with Gasteiger partial charge in [-0.3, -0.25) is 9.59 Å². The zero-order valence-corrected chi connectivity index (χ0v) is 12.0. The molecule has 0 unspecified atom stereocenters. The number of carbonyl (C=O) groups is 2. The summed E-state index contributed by atoms with van der Waals surface area (Å²) in [4.78, 5) is 24.6. The lowest BCUT2D eigenvalue weighted by Gasteiger charge is -2.32. The fraction of sp³-hybridized carbons (Fsp3) is 0.500. The van der Waals surface area contributed by atoms with Crippen molar-refractivity contribution in [3.63, 3.8) is 0 Å². The first-order valence-electron chi connectivity index (χ1n) is 7.32. The molecule has 1 aliphatic heterocycles. The number of benzene rings is 1. The van der Waals surface area contributed by atoms with Crippen molar-refractivity contribution in [3.05, 3.63) is 29.8 Å². The van der Waals surface area contributed by atoms with Crippen molar-refractivity contribution in [2.24, 2.45) is 5.92 Å². The van der Waals surface area contributed by atoms with Crippen molar-refractivity contribution in [2.45, 2.75) is 32.1 Å². The SMILES string of the molecule is O=C(O)CCC1CCN(C(=O)Cc2ccc(O)cc2)CC1. The quantitative estimate of drug-likeness (QED) is 0.870. The molecule has 5 nitrogen and oxygen atoms in total. The first kappa shape index (κ1) is 15.4. The highest BCUT2D eigenvalue weighted by atomic mass is 16.4. The Bertz CT molecular complexity index is 490. The van der Waals surface area contributed by atoms with Gasteiger partial charge in [0, 0.05) is 19.5 Å². The van der Waals surface area contributed by atoms with E-state index in [1.165, 1.54) is 0 Å². The van der Waals surface area contributed by atoms with E-state index in [2.05, 4.69) is 0 Å². The van der Waals surface area contributed by atoms with Crippen LogP contribution < -0.4 is 0 Å². The highest BCUT2D eigenvalue weighted by molar-refractivity contribution is 5.78. The number of phenolic OH excluding ortho intramolecular Hbond substituents is 1. The molecule has 0 atom stereocenters. The van der Waals surface area contributed by atoms with E-state index in [0.717, 1.165) is 18.4 Å². The van der Waals surface area contributed by atoms with Crippen molar-refractivity contribution in [2.75, 3.05) is 13.1 Å². The van der Waals surface area contributed by atoms with E-state index in [1.807, 2.05) is 4.90 Å². The maximum absolute atomic E-state index is 12.2. The maximum Gasteiger partial charge on any atom is 0.303 e. The second kappa shape index (κ2) is 7.11. The number of piperidine rings is 1. The molecule has 1 aliphatic rings. The first-order valence-corrected chi connectivity index (χ1v) is 7.32. The third-order valence-corrected chi connectivity index (χ3v) is 4.03. The Kier molecular flexibility index (Phi) is 5.20. The molecule has 21 heavy (non-hydrogen) atoms. The van der Waals surface area contributed by atoms with Gasteiger partial charge in [0.2, 0.25) is 5.91 Å². The molecule has 0 aliphatic carbocycles. The van der Waals surface area contributed by atoms with Gasteiger partial charge in [-0.05, 0) is 42.9 Å². The van der Waals surface area contributed by atoms with Crippen LogP contribution in [0.5, 0.6) is 5.75 Å². The van der Waals surface area contributed by atoms with Gasteiger partial charge in [0.15, 0.2) is 0 Å². The van der Waals surface area contributed by atoms with Gasteiger partial charge in [0.25, 0.3) is 0 Å². The smallest absolute Gasteiger partial charge is 0.303 e. The monoisotopic (exact) mass is 291 g/mol. The Morgan fingerprint density at radius 2 is 1.76 bits per heavy atom. The summed E-state index contributed by atoms with van der Waals surface area (Å²) in [5.41, 5.74) is 0.894. The van der Waals surface area contributed by atoms with Crippen molar-refractivity contribution in [1.82, 2.24) is 4.90 Å². The highest BCUT2D eigenvalue weighted by Gasteiger charge is 2.23. The number of carboxylic acid groups (broad SMARTS) is 1. The number of hydrogen-bond donors (Lipinski definition) is 2. The molecule has 1 heterocycles. The second-order valence-electron chi connectivity index (χ2n) is 5.60. The average Bonchev–Trinajstić information content (AvgIpc) is 2.48. The number of aliphatic carboxylic acids is 1. The van der Waals surface area contributed by atoms with E-state index in [1.54, 1.807) is 24.3 Å². The normalized spacial score (nSPS) is 15.9. The molecule has 0 saturated carbocycles. The summed E-state index contributed by atoms with van der Waals surface area (Å²) in [6.07, 6.45) is 3.03. The molecule has 0 bridgehead atoms. The molecule has 1 saturated heterocycles. The molecule has 114 valence electrons. The molecule has 1 amide bonds. The van der Waals surface area contributed by atoms with Crippen LogP contribution in [0.15, 0.2) is 24.3 Å². The van der Waals surface area contributed by atoms with Gasteiger partial charge in [-0.2, -0.15) is 0 Å². The number of phenols is 1. The summed E-state index contributed by atoms with van der Waals surface area (Å²) in [7, 11) is 0. The zero-order chi connectivity index (χ0) is 15.2. The predicted molar refractivity (Wildman–Crippen MR) is 78.0 cm³/mol. The number of amides is 1. The van der Waals surface area contributed by atoms with Gasteiger partial charge in [0.1, 0.15) is 5.75 Å². The van der Waals surface area contributed by atoms with Crippen LogP contribution in [0.25, 0.3) is 0 Å². The minimum atomic E-state index is -0.749. The van der Waals surface area contributed by atoms with Crippen molar-refractivity contribution in [3.8, 4) is 5.75 Å². The van der Waals surface area contributed by atoms with E-state index in [-0.39, 0.29) is 18.1 Å². The highest BCUT2D eigenvalue weighted by Crippen LogP contribution is 2.22. The molecule has 1 fully saturated rings. The number of nitrogens with zero attached hydrogens (tertiary/aromatic N) is 1. The fourth-order valence-electron chi connectivity index (χ4n) is 2.70. The Labute approximate surface area is 124 Å². The summed E-state index contributed by atoms with van der Waals surface area (Å²) in [6, 6.07) is 6.68. The van der Waals surface area contributed by atoms with Crippen molar-refractivity contribution < 1.29 is 19.8 Å². The van der Waals surface area contributed by atoms with Gasteiger partial charge in [0.05, 0.1) is 6.42 Å². The van der Waals surface area contributed by atoms with Crippen molar-refractivity contribution in [1.29, 1.82) is 0 Å². The maximum atomic E-state index is 12.2. The molecular formula is C16H21NO4. The lowest BCUT2D eigenvalue weighted by atomic mass is 9.92. The molecule has 5 heteroatoms. The summed E-state index contributed by atoms with van der Waals surface area (Å²) in [5, 5.41) is 17.9. The van der Waals surface area contributed by atoms with Crippen LogP contribution in [0.1, 0.15) is 31.2 Å². The molecule has 1 aromatic carbocycles. The largest absolute Gasteiger partial charge is 0.508 e. The fourth-order valence-corrected chi connectivity index (χ4v) is 2.70. The lowest BCUT2D eigenvalue weighted by molar-refractivity contribution is -0.138. The van der Waals surface area contributed by atoms with Gasteiger partial charge < -0.3 is 15.1 Å². The van der Waals surface area contributed by atoms with Crippen LogP contribution in [-0.4, -0.2) is 40.1 Å². The van der Waals surface area contributed by atoms with Gasteiger partial charge >= 0.3 is 5.97 Å². The predicted octanol–water partition coefficient (Wildman–Crippen LogP) is 2.04. The summed E-state index contributed by atoms with van der Waals surface area (Å²) in [6.45, 7) is 1.42. The molecule has 0 spiro atoms. The van der Waals surface area contributed by atoms with E-state index in [9.17, 15) is 14.7 Å². The number of likely N-dealkylation sites (tertiary alicyclic amines) is 1. The average molecular weight is 291 g/mol. The minimum Gasteiger partial charge on any atom is -0.508 e. The van der Waals surface area contributed by atoms with Gasteiger partial charge in [-0.15, -0.1) is 0 Å². The number of rotatable bonds is 5. The molecular weight excluding hydrogens is 270 g/mol. The van der Waals surface area contributed by atoms with E-state index in [4.69, 9.17) is 5.11 Å². The van der Waals surface area contributed by atoms with E-state index in [0.29, 0.717) is 31.8 Å². The van der Waals surface area contributed by atoms with Crippen LogP contribution in [0, 0.1) is 5.92 Å². The summed E-state index contributed by atoms with van der Waals surface area (Å²) in [5.74, 6) is -0.0394. The van der Waals surface area contributed by atoms with Gasteiger partial charge in [-0.25, -0.2) is 0 Å². The third kappa shape index (κ3) is 4.77. The molecule has 2 N–H and O–H groups in total. The molecule has 1 aromatic rings. The third-order valence-electron chi connectivity index (χ3n) is 4.03. The molecule has 0 aromatic heterocycles. The summed E-state index contributed by atoms with van der Waals surface area (Å²) < 4.78 is 0. The van der Waals surface area contributed by atoms with E-state index >= 15 is 0 Å². The lowest BCUT2D eigenvalue weighted by Crippen LogP contribution is -2.39. The summed E-state index contributed by atoms with van der Waals surface area (Å²) >= 11 is 0. The Morgan fingerprint density at radius 1 is 1.14 bits per heavy atom. The van der Waals surface area contributed by atoms with Crippen LogP contribution in [0.4, 0.5) is 0 Å². The number of carbonyl (C=O) groups excluding carboxylic acids is 1. The van der Waals surface area contributed by atoms with Gasteiger partial charge in [-0.1, -0.05) is 12.1 Å². The number of aromatic hydroxyl groups is 1. The standard InChI is InChI=1S/C16H21NO4/c18-14-4-1-13(2-5-14)11-15(19)17-9-7-12(8-10-17)3-6-16(20)21/h1-2,4-5,12,18H,3,6-11H2,(H,20,21). The van der Waals surface area contributed by atoms with Crippen LogP contribution >= 0.6 is 0 Å². The van der Waals surface area contributed by atoms with Crippen LogP contribution in [0.3, 0.4) is 0 Å². The Hall–Kier alpha value is -2.04. The van der Waals surface area contributed by atoms with E-state index < -0.39 is 5.97 Å². The Morgan fingerprint density at radius 3 is 2.33 bits per heavy atom. The second-order valence-corrected chi connectivity index (χ2v) is 5.60.